The largest absolute Gasteiger partial charge is 0.341 e. The maximum absolute atomic E-state index is 4.86. The summed E-state index contributed by atoms with van der Waals surface area (Å²) in [6.45, 7) is 4.22. The summed E-state index contributed by atoms with van der Waals surface area (Å²) in [4.78, 5) is 17.4. The Morgan fingerprint density at radius 2 is 2.08 bits per heavy atom. The summed E-state index contributed by atoms with van der Waals surface area (Å²) in [6.07, 6.45) is 3.27. The van der Waals surface area contributed by atoms with Crippen molar-refractivity contribution in [2.24, 2.45) is 0 Å². The van der Waals surface area contributed by atoms with Crippen LogP contribution < -0.4 is 0 Å². The molecule has 3 aromatic heterocycles. The Kier molecular flexibility index (Phi) is 4.16. The highest BCUT2D eigenvalue weighted by Gasteiger charge is 2.17. The van der Waals surface area contributed by atoms with Crippen LogP contribution in [-0.4, -0.2) is 19.9 Å². The average molecular weight is 355 g/mol. The molecule has 1 N–H and O–H groups in total. The van der Waals surface area contributed by atoms with E-state index in [2.05, 4.69) is 45.5 Å². The molecule has 6 heteroatoms. The molecule has 0 saturated heterocycles. The quantitative estimate of drug-likeness (QED) is 0.518. The van der Waals surface area contributed by atoms with Gasteiger partial charge in [-0.1, -0.05) is 19.4 Å². The molecule has 0 aliphatic carbocycles. The Hall–Kier alpha value is -2.05. The van der Waals surface area contributed by atoms with Crippen molar-refractivity contribution >= 4 is 32.9 Å². The Balaban J connectivity index is 1.83. The number of thiazole rings is 2. The molecule has 4 rings (SSSR count). The number of aromatic amines is 1. The molecule has 0 bridgehead atoms. The predicted octanol–water partition coefficient (Wildman–Crippen LogP) is 5.46. The van der Waals surface area contributed by atoms with Crippen LogP contribution in [0.25, 0.3) is 32.2 Å². The lowest BCUT2D eigenvalue weighted by Crippen LogP contribution is -1.87. The van der Waals surface area contributed by atoms with Crippen molar-refractivity contribution in [3.05, 3.63) is 40.6 Å². The van der Waals surface area contributed by atoms with Crippen molar-refractivity contribution in [2.45, 2.75) is 33.1 Å². The van der Waals surface area contributed by atoms with E-state index in [1.54, 1.807) is 22.7 Å². The van der Waals surface area contributed by atoms with Crippen LogP contribution in [0.1, 0.15) is 31.3 Å². The highest BCUT2D eigenvalue weighted by molar-refractivity contribution is 7.16. The second kappa shape index (κ2) is 6.45. The highest BCUT2D eigenvalue weighted by atomic mass is 32.1. The smallest absolute Gasteiger partial charge is 0.144 e. The summed E-state index contributed by atoms with van der Waals surface area (Å²) in [6, 6.07) is 6.38. The van der Waals surface area contributed by atoms with E-state index in [1.807, 2.05) is 12.4 Å². The highest BCUT2D eigenvalue weighted by Crippen LogP contribution is 2.34. The van der Waals surface area contributed by atoms with Gasteiger partial charge in [0.2, 0.25) is 0 Å². The zero-order chi connectivity index (χ0) is 16.5. The van der Waals surface area contributed by atoms with Crippen LogP contribution in [0.3, 0.4) is 0 Å². The number of hydrogen-bond donors (Lipinski definition) is 1. The van der Waals surface area contributed by atoms with Gasteiger partial charge in [0.1, 0.15) is 16.5 Å². The molecule has 4 aromatic rings. The molecule has 0 spiro atoms. The van der Waals surface area contributed by atoms with Crippen molar-refractivity contribution in [1.82, 2.24) is 19.9 Å². The van der Waals surface area contributed by atoms with Crippen LogP contribution >= 0.6 is 22.7 Å². The van der Waals surface area contributed by atoms with Crippen LogP contribution in [-0.2, 0) is 6.42 Å². The van der Waals surface area contributed by atoms with Gasteiger partial charge in [0, 0.05) is 23.1 Å². The van der Waals surface area contributed by atoms with Gasteiger partial charge in [-0.15, -0.1) is 22.7 Å². The molecule has 122 valence electrons. The Morgan fingerprint density at radius 1 is 1.17 bits per heavy atom. The van der Waals surface area contributed by atoms with Crippen LogP contribution in [0.15, 0.2) is 29.1 Å². The molecule has 0 atom stereocenters. The summed E-state index contributed by atoms with van der Waals surface area (Å²) < 4.78 is 1.19. The molecule has 1 aromatic carbocycles. The van der Waals surface area contributed by atoms with Gasteiger partial charge in [0.05, 0.1) is 21.4 Å². The first-order chi connectivity index (χ1) is 11.7. The van der Waals surface area contributed by atoms with E-state index in [0.717, 1.165) is 58.3 Å². The lowest BCUT2D eigenvalue weighted by atomic mass is 10.1. The molecule has 24 heavy (non-hydrogen) atoms. The van der Waals surface area contributed by atoms with Crippen molar-refractivity contribution in [3.8, 4) is 22.0 Å². The predicted molar refractivity (Wildman–Crippen MR) is 102 cm³/mol. The molecule has 0 amide bonds. The molecule has 0 radical (unpaired) electrons. The van der Waals surface area contributed by atoms with Gasteiger partial charge in [0.25, 0.3) is 0 Å². The lowest BCUT2D eigenvalue weighted by molar-refractivity contribution is 0.763. The zero-order valence-corrected chi connectivity index (χ0v) is 15.3. The van der Waals surface area contributed by atoms with E-state index in [1.165, 1.54) is 4.70 Å². The fourth-order valence-corrected chi connectivity index (χ4v) is 4.23. The average Bonchev–Trinajstić information content (AvgIpc) is 3.30. The first-order valence-corrected chi connectivity index (χ1v) is 9.85. The SMILES string of the molecule is CCCCc1nc(-c2nc(C)cs2)c(-c2ccc3ncsc3c2)[nH]1. The van der Waals surface area contributed by atoms with Gasteiger partial charge in [-0.05, 0) is 25.5 Å². The van der Waals surface area contributed by atoms with Gasteiger partial charge in [0.15, 0.2) is 0 Å². The van der Waals surface area contributed by atoms with Gasteiger partial charge in [-0.25, -0.2) is 15.0 Å². The van der Waals surface area contributed by atoms with Crippen LogP contribution in [0, 0.1) is 6.92 Å². The summed E-state index contributed by atoms with van der Waals surface area (Å²) in [7, 11) is 0. The Labute approximate surface area is 148 Å². The number of imidazole rings is 1. The Bertz CT molecular complexity index is 980. The van der Waals surface area contributed by atoms with Crippen LogP contribution in [0.2, 0.25) is 0 Å². The zero-order valence-electron chi connectivity index (χ0n) is 13.7. The molecule has 0 saturated carbocycles. The third-order valence-corrected chi connectivity index (χ3v) is 5.72. The number of H-pyrrole nitrogens is 1. The minimum atomic E-state index is 0.961. The molecule has 0 unspecified atom stereocenters. The summed E-state index contributed by atoms with van der Waals surface area (Å²) >= 11 is 3.31. The standard InChI is InChI=1S/C18H18N4S2/c1-3-4-5-15-21-16(17(22-15)18-20-11(2)9-23-18)12-6-7-13-14(8-12)24-10-19-13/h6-10H,3-5H2,1-2H3,(H,21,22). The fraction of sp³-hybridized carbons (Fsp3) is 0.278. The number of nitrogens with one attached hydrogen (secondary N) is 1. The normalized spacial score (nSPS) is 11.4. The molecule has 3 heterocycles. The van der Waals surface area contributed by atoms with Gasteiger partial charge < -0.3 is 4.98 Å². The Morgan fingerprint density at radius 3 is 2.88 bits per heavy atom. The summed E-state index contributed by atoms with van der Waals surface area (Å²) in [5.74, 6) is 1.04. The molecule has 0 fully saturated rings. The number of aromatic nitrogens is 4. The second-order valence-corrected chi connectivity index (χ2v) is 7.58. The summed E-state index contributed by atoms with van der Waals surface area (Å²) in [5.41, 5.74) is 7.14. The minimum Gasteiger partial charge on any atom is -0.341 e. The van der Waals surface area contributed by atoms with Crippen molar-refractivity contribution in [1.29, 1.82) is 0 Å². The van der Waals surface area contributed by atoms with E-state index >= 15 is 0 Å². The first-order valence-electron chi connectivity index (χ1n) is 8.09. The van der Waals surface area contributed by atoms with Crippen LogP contribution in [0.5, 0.6) is 0 Å². The van der Waals surface area contributed by atoms with E-state index in [-0.39, 0.29) is 0 Å². The number of unbranched alkanes of at least 4 members (excludes halogenated alkanes) is 1. The van der Waals surface area contributed by atoms with E-state index in [9.17, 15) is 0 Å². The van der Waals surface area contributed by atoms with Gasteiger partial charge >= 0.3 is 0 Å². The lowest BCUT2D eigenvalue weighted by Gasteiger charge is -2.01. The number of rotatable bonds is 5. The van der Waals surface area contributed by atoms with Gasteiger partial charge in [-0.2, -0.15) is 0 Å². The van der Waals surface area contributed by atoms with Crippen LogP contribution in [0.4, 0.5) is 0 Å². The molecular formula is C18H18N4S2. The maximum atomic E-state index is 4.86. The third kappa shape index (κ3) is 2.87. The van der Waals surface area contributed by atoms with Crippen molar-refractivity contribution < 1.29 is 0 Å². The number of benzene rings is 1. The number of nitrogens with zero attached hydrogens (tertiary/aromatic N) is 3. The fourth-order valence-electron chi connectivity index (χ4n) is 2.72. The molecule has 0 aliphatic rings. The minimum absolute atomic E-state index is 0.961. The second-order valence-electron chi connectivity index (χ2n) is 5.84. The van der Waals surface area contributed by atoms with Crippen molar-refractivity contribution in [2.75, 3.05) is 0 Å². The van der Waals surface area contributed by atoms with Gasteiger partial charge in [-0.3, -0.25) is 0 Å². The van der Waals surface area contributed by atoms with E-state index in [4.69, 9.17) is 4.98 Å². The number of fused-ring (bicyclic) bond motifs is 1. The number of aryl methyl sites for hydroxylation is 2. The maximum Gasteiger partial charge on any atom is 0.144 e. The van der Waals surface area contributed by atoms with Crippen molar-refractivity contribution in [3.63, 3.8) is 0 Å². The topological polar surface area (TPSA) is 54.5 Å². The van der Waals surface area contributed by atoms with E-state index in [0.29, 0.717) is 0 Å². The molecule has 0 aliphatic heterocycles. The monoisotopic (exact) mass is 354 g/mol. The number of hydrogen-bond acceptors (Lipinski definition) is 5. The molecule has 4 nitrogen and oxygen atoms in total. The third-order valence-electron chi connectivity index (χ3n) is 3.96. The molecular weight excluding hydrogens is 336 g/mol. The van der Waals surface area contributed by atoms with E-state index < -0.39 is 0 Å². The first kappa shape index (κ1) is 15.5. The summed E-state index contributed by atoms with van der Waals surface area (Å²) in [5, 5.41) is 3.05.